The van der Waals surface area contributed by atoms with Gasteiger partial charge in [-0.3, -0.25) is 0 Å². The quantitative estimate of drug-likeness (QED) is 0.534. The van der Waals surface area contributed by atoms with Gasteiger partial charge in [0.1, 0.15) is 13.2 Å². The highest BCUT2D eigenvalue weighted by Crippen LogP contribution is 2.30. The predicted octanol–water partition coefficient (Wildman–Crippen LogP) is 3.90. The first-order valence-electron chi connectivity index (χ1n) is 5.57. The van der Waals surface area contributed by atoms with Gasteiger partial charge in [-0.2, -0.15) is 0 Å². The molecule has 0 atom stereocenters. The molecule has 20 heavy (non-hydrogen) atoms. The molecule has 0 aliphatic rings. The third-order valence-corrected chi connectivity index (χ3v) is 4.20. The van der Waals surface area contributed by atoms with Crippen molar-refractivity contribution < 1.29 is 19.1 Å². The Kier molecular flexibility index (Phi) is 6.67. The minimum atomic E-state index is -0.636. The Labute approximate surface area is 133 Å². The van der Waals surface area contributed by atoms with Crippen LogP contribution < -0.4 is 0 Å². The third kappa shape index (κ3) is 4.05. The first-order valence-corrected chi connectivity index (χ1v) is 7.15. The number of hydrogen-bond donors (Lipinski definition) is 0. The van der Waals surface area contributed by atoms with Crippen LogP contribution in [0.15, 0.2) is 46.4 Å². The smallest absolute Gasteiger partial charge is 0.340 e. The van der Waals surface area contributed by atoms with Gasteiger partial charge in [0.15, 0.2) is 0 Å². The molecule has 0 spiro atoms. The molecule has 0 N–H and O–H groups in total. The normalized spacial score (nSPS) is 9.70. The second-order valence-electron chi connectivity index (χ2n) is 3.56. The summed E-state index contributed by atoms with van der Waals surface area (Å²) in [6, 6.07) is 3.13. The summed E-state index contributed by atoms with van der Waals surface area (Å²) in [5, 5.41) is 0. The van der Waals surface area contributed by atoms with Crippen molar-refractivity contribution in [1.29, 1.82) is 0 Å². The molecule has 0 saturated carbocycles. The van der Waals surface area contributed by atoms with Crippen LogP contribution in [0.2, 0.25) is 0 Å². The van der Waals surface area contributed by atoms with Gasteiger partial charge in [0.05, 0.1) is 11.1 Å². The van der Waals surface area contributed by atoms with E-state index in [1.165, 1.54) is 18.2 Å². The number of esters is 2. The number of benzene rings is 1. The third-order valence-electron chi connectivity index (χ3n) is 2.18. The summed E-state index contributed by atoms with van der Waals surface area (Å²) in [7, 11) is 0. The van der Waals surface area contributed by atoms with Crippen LogP contribution in [0, 0.1) is 0 Å². The number of rotatable bonds is 6. The van der Waals surface area contributed by atoms with Crippen LogP contribution in [0.3, 0.4) is 0 Å². The van der Waals surface area contributed by atoms with E-state index in [9.17, 15) is 9.59 Å². The van der Waals surface area contributed by atoms with Gasteiger partial charge in [0.25, 0.3) is 0 Å². The van der Waals surface area contributed by atoms with Gasteiger partial charge in [-0.25, -0.2) is 9.59 Å². The van der Waals surface area contributed by atoms with Gasteiger partial charge in [0.2, 0.25) is 0 Å². The SMILES string of the molecule is C=CCOC(=O)c1ccc(Br)c(Br)c1C(=O)OCC=C. The average molecular weight is 404 g/mol. The van der Waals surface area contributed by atoms with Crippen molar-refractivity contribution in [3.63, 3.8) is 0 Å². The fourth-order valence-electron chi connectivity index (χ4n) is 1.34. The van der Waals surface area contributed by atoms with E-state index in [0.717, 1.165) is 0 Å². The van der Waals surface area contributed by atoms with Gasteiger partial charge >= 0.3 is 11.9 Å². The van der Waals surface area contributed by atoms with Crippen molar-refractivity contribution in [2.24, 2.45) is 0 Å². The maximum Gasteiger partial charge on any atom is 0.340 e. The molecule has 1 aromatic carbocycles. The lowest BCUT2D eigenvalue weighted by Crippen LogP contribution is -2.15. The summed E-state index contributed by atoms with van der Waals surface area (Å²) in [6.45, 7) is 7.04. The molecule has 1 rings (SSSR count). The Bertz CT molecular complexity index is 552. The monoisotopic (exact) mass is 402 g/mol. The van der Waals surface area contributed by atoms with E-state index >= 15 is 0 Å². The first-order chi connectivity index (χ1) is 9.52. The summed E-state index contributed by atoms with van der Waals surface area (Å²) >= 11 is 6.53. The lowest BCUT2D eigenvalue weighted by atomic mass is 10.1. The van der Waals surface area contributed by atoms with E-state index < -0.39 is 11.9 Å². The van der Waals surface area contributed by atoms with E-state index in [1.54, 1.807) is 6.07 Å². The molecule has 0 aromatic heterocycles. The summed E-state index contributed by atoms with van der Waals surface area (Å²) in [4.78, 5) is 24.0. The second kappa shape index (κ2) is 8.01. The van der Waals surface area contributed by atoms with Crippen molar-refractivity contribution >= 4 is 43.8 Å². The fraction of sp³-hybridized carbons (Fsp3) is 0.143. The molecule has 0 aliphatic heterocycles. The van der Waals surface area contributed by atoms with E-state index in [2.05, 4.69) is 45.0 Å². The highest BCUT2D eigenvalue weighted by molar-refractivity contribution is 9.13. The second-order valence-corrected chi connectivity index (χ2v) is 5.21. The lowest BCUT2D eigenvalue weighted by Gasteiger charge is -2.11. The fourth-order valence-corrected chi connectivity index (χ4v) is 2.18. The molecule has 4 nitrogen and oxygen atoms in total. The number of carbonyl (C=O) groups is 2. The molecular formula is C14H12Br2O4. The summed E-state index contributed by atoms with van der Waals surface area (Å²) < 4.78 is 11.0. The zero-order valence-corrected chi connectivity index (χ0v) is 13.7. The van der Waals surface area contributed by atoms with Crippen LogP contribution in [0.4, 0.5) is 0 Å². The molecule has 0 unspecified atom stereocenters. The Morgan fingerprint density at radius 2 is 1.60 bits per heavy atom. The molecule has 1 aromatic rings. The highest BCUT2D eigenvalue weighted by atomic mass is 79.9. The van der Waals surface area contributed by atoms with Gasteiger partial charge < -0.3 is 9.47 Å². The van der Waals surface area contributed by atoms with Gasteiger partial charge in [-0.15, -0.1) is 0 Å². The van der Waals surface area contributed by atoms with Crippen molar-refractivity contribution in [1.82, 2.24) is 0 Å². The predicted molar refractivity (Wildman–Crippen MR) is 82.8 cm³/mol. The summed E-state index contributed by atoms with van der Waals surface area (Å²) in [5.41, 5.74) is 0.228. The summed E-state index contributed by atoms with van der Waals surface area (Å²) in [6.07, 6.45) is 2.89. The minimum absolute atomic E-state index is 0.0545. The molecule has 0 heterocycles. The van der Waals surface area contributed by atoms with Gasteiger partial charge in [0, 0.05) is 8.95 Å². The molecule has 0 radical (unpaired) electrons. The highest BCUT2D eigenvalue weighted by Gasteiger charge is 2.23. The molecule has 0 saturated heterocycles. The molecular weight excluding hydrogens is 392 g/mol. The maximum absolute atomic E-state index is 12.0. The van der Waals surface area contributed by atoms with Crippen LogP contribution in [0.25, 0.3) is 0 Å². The molecule has 6 heteroatoms. The summed E-state index contributed by atoms with van der Waals surface area (Å²) in [5.74, 6) is -1.26. The lowest BCUT2D eigenvalue weighted by molar-refractivity contribution is 0.0502. The molecule has 0 fully saturated rings. The van der Waals surface area contributed by atoms with Crippen molar-refractivity contribution in [3.8, 4) is 0 Å². The van der Waals surface area contributed by atoms with Crippen LogP contribution in [0.5, 0.6) is 0 Å². The zero-order valence-electron chi connectivity index (χ0n) is 10.5. The van der Waals surface area contributed by atoms with E-state index in [-0.39, 0.29) is 24.3 Å². The van der Waals surface area contributed by atoms with Gasteiger partial charge in [-0.1, -0.05) is 25.3 Å². The Morgan fingerprint density at radius 1 is 1.05 bits per heavy atom. The minimum Gasteiger partial charge on any atom is -0.458 e. The van der Waals surface area contributed by atoms with E-state index in [1.807, 2.05) is 0 Å². The number of hydrogen-bond acceptors (Lipinski definition) is 4. The van der Waals surface area contributed by atoms with Gasteiger partial charge in [-0.05, 0) is 44.0 Å². The van der Waals surface area contributed by atoms with E-state index in [4.69, 9.17) is 9.47 Å². The number of ether oxygens (including phenoxy) is 2. The van der Waals surface area contributed by atoms with E-state index in [0.29, 0.717) is 8.95 Å². The Balaban J connectivity index is 3.20. The zero-order chi connectivity index (χ0) is 15.1. The van der Waals surface area contributed by atoms with Crippen LogP contribution in [-0.2, 0) is 9.47 Å². The topological polar surface area (TPSA) is 52.6 Å². The molecule has 106 valence electrons. The average Bonchev–Trinajstić information content (AvgIpc) is 2.44. The van der Waals surface area contributed by atoms with Crippen molar-refractivity contribution in [2.75, 3.05) is 13.2 Å². The molecule has 0 bridgehead atoms. The van der Waals surface area contributed by atoms with Crippen molar-refractivity contribution in [2.45, 2.75) is 0 Å². The van der Waals surface area contributed by atoms with Crippen LogP contribution >= 0.6 is 31.9 Å². The number of carbonyl (C=O) groups excluding carboxylic acids is 2. The maximum atomic E-state index is 12.0. The molecule has 0 amide bonds. The van der Waals surface area contributed by atoms with Crippen molar-refractivity contribution in [3.05, 3.63) is 57.5 Å². The number of halogens is 2. The first kappa shape index (κ1) is 16.7. The largest absolute Gasteiger partial charge is 0.458 e. The van der Waals surface area contributed by atoms with Crippen LogP contribution in [-0.4, -0.2) is 25.2 Å². The standard InChI is InChI=1S/C14H12Br2O4/c1-3-7-19-13(17)9-5-6-10(15)12(16)11(9)14(18)20-8-4-2/h3-6H,1-2,7-8H2. The Hall–Kier alpha value is -1.40. The molecule has 0 aliphatic carbocycles. The van der Waals surface area contributed by atoms with Crippen LogP contribution in [0.1, 0.15) is 20.7 Å². The Morgan fingerprint density at radius 3 is 2.15 bits per heavy atom.